The molecule has 6 heteroatoms. The average molecular weight is 418 g/mol. The van der Waals surface area contributed by atoms with Crippen molar-refractivity contribution in [2.75, 3.05) is 0 Å². The van der Waals surface area contributed by atoms with E-state index in [9.17, 15) is 4.79 Å². The Kier molecular flexibility index (Phi) is 6.20. The van der Waals surface area contributed by atoms with Gasteiger partial charge in [0, 0.05) is 30.0 Å². The minimum Gasteiger partial charge on any atom is -0.352 e. The van der Waals surface area contributed by atoms with E-state index in [0.717, 1.165) is 22.3 Å². The summed E-state index contributed by atoms with van der Waals surface area (Å²) < 4.78 is 5.30. The van der Waals surface area contributed by atoms with Crippen LogP contribution in [0.15, 0.2) is 83.4 Å². The van der Waals surface area contributed by atoms with E-state index in [0.29, 0.717) is 29.7 Å². The second kappa shape index (κ2) is 9.37. The number of carbonyl (C=O) groups excluding carboxylic acids is 1. The van der Waals surface area contributed by atoms with Gasteiger partial charge in [0.2, 0.25) is 17.6 Å². The number of carbonyl (C=O) groups is 1. The van der Waals surface area contributed by atoms with Crippen LogP contribution in [0.3, 0.4) is 0 Å². The van der Waals surface area contributed by atoms with Gasteiger partial charge in [-0.2, -0.15) is 4.98 Å². The fourth-order valence-corrected chi connectivity index (χ4v) is 3.15. The molecule has 1 aromatic heterocycles. The number of benzene rings is 3. The summed E-state index contributed by atoms with van der Waals surface area (Å²) in [4.78, 5) is 16.5. The molecule has 0 atom stereocenters. The number of aromatic nitrogens is 2. The Balaban J connectivity index is 1.30. The van der Waals surface area contributed by atoms with Crippen molar-refractivity contribution in [1.29, 1.82) is 0 Å². The van der Waals surface area contributed by atoms with E-state index in [4.69, 9.17) is 16.1 Å². The quantitative estimate of drug-likeness (QED) is 0.442. The van der Waals surface area contributed by atoms with Crippen molar-refractivity contribution in [3.63, 3.8) is 0 Å². The van der Waals surface area contributed by atoms with Crippen LogP contribution in [0.5, 0.6) is 0 Å². The van der Waals surface area contributed by atoms with Gasteiger partial charge in [0.15, 0.2) is 0 Å². The summed E-state index contributed by atoms with van der Waals surface area (Å²) in [5.41, 5.74) is 4.14. The van der Waals surface area contributed by atoms with Crippen LogP contribution in [-0.4, -0.2) is 16.0 Å². The van der Waals surface area contributed by atoms with Gasteiger partial charge in [-0.1, -0.05) is 83.5 Å². The van der Waals surface area contributed by atoms with Crippen molar-refractivity contribution in [2.24, 2.45) is 0 Å². The highest BCUT2D eigenvalue weighted by molar-refractivity contribution is 6.30. The first kappa shape index (κ1) is 19.9. The Bertz CT molecular complexity index is 1110. The molecule has 0 saturated heterocycles. The van der Waals surface area contributed by atoms with Crippen LogP contribution in [0.25, 0.3) is 22.5 Å². The molecule has 4 aromatic rings. The average Bonchev–Trinajstić information content (AvgIpc) is 3.27. The minimum absolute atomic E-state index is 0.0723. The molecule has 0 spiro atoms. The predicted octanol–water partition coefficient (Wildman–Crippen LogP) is 5.31. The highest BCUT2D eigenvalue weighted by Gasteiger charge is 2.11. The maximum absolute atomic E-state index is 12.1. The van der Waals surface area contributed by atoms with Gasteiger partial charge >= 0.3 is 0 Å². The monoisotopic (exact) mass is 417 g/mol. The highest BCUT2D eigenvalue weighted by atomic mass is 35.5. The lowest BCUT2D eigenvalue weighted by Crippen LogP contribution is -2.23. The smallest absolute Gasteiger partial charge is 0.227 e. The number of rotatable bonds is 7. The molecule has 0 aliphatic heterocycles. The molecule has 0 radical (unpaired) electrons. The first-order chi connectivity index (χ1) is 14.7. The van der Waals surface area contributed by atoms with Crippen LogP contribution >= 0.6 is 11.6 Å². The van der Waals surface area contributed by atoms with Gasteiger partial charge in [-0.3, -0.25) is 4.79 Å². The fourth-order valence-electron chi connectivity index (χ4n) is 3.03. The van der Waals surface area contributed by atoms with E-state index in [1.54, 1.807) is 12.1 Å². The summed E-state index contributed by atoms with van der Waals surface area (Å²) in [5.74, 6) is 0.891. The number of nitrogens with zero attached hydrogens (tertiary/aromatic N) is 2. The molecule has 3 aromatic carbocycles. The Morgan fingerprint density at radius 3 is 2.27 bits per heavy atom. The van der Waals surface area contributed by atoms with Crippen molar-refractivity contribution < 1.29 is 9.32 Å². The molecule has 0 unspecified atom stereocenters. The standard InChI is InChI=1S/C24H20ClN3O2/c25-21-12-6-17(7-13-21)16-26-22(29)14-15-23-27-24(28-30-23)20-10-8-19(9-11-20)18-4-2-1-3-5-18/h1-13H,14-16H2,(H,26,29). The van der Waals surface area contributed by atoms with Gasteiger partial charge in [0.25, 0.3) is 0 Å². The van der Waals surface area contributed by atoms with E-state index in [1.165, 1.54) is 0 Å². The number of aryl methyl sites for hydroxylation is 1. The zero-order valence-corrected chi connectivity index (χ0v) is 17.0. The molecule has 1 N–H and O–H groups in total. The molecule has 0 aliphatic carbocycles. The third-order valence-corrected chi connectivity index (χ3v) is 4.94. The summed E-state index contributed by atoms with van der Waals surface area (Å²) in [5, 5.41) is 7.59. The van der Waals surface area contributed by atoms with Crippen LogP contribution in [-0.2, 0) is 17.8 Å². The van der Waals surface area contributed by atoms with Crippen molar-refractivity contribution in [3.8, 4) is 22.5 Å². The van der Waals surface area contributed by atoms with Crippen molar-refractivity contribution >= 4 is 17.5 Å². The van der Waals surface area contributed by atoms with Gasteiger partial charge in [-0.25, -0.2) is 0 Å². The Morgan fingerprint density at radius 2 is 1.53 bits per heavy atom. The molecule has 30 heavy (non-hydrogen) atoms. The molecule has 0 saturated carbocycles. The number of nitrogens with one attached hydrogen (secondary N) is 1. The molecule has 150 valence electrons. The van der Waals surface area contributed by atoms with Crippen LogP contribution in [0.2, 0.25) is 5.02 Å². The van der Waals surface area contributed by atoms with Crippen LogP contribution < -0.4 is 5.32 Å². The SMILES string of the molecule is O=C(CCc1nc(-c2ccc(-c3ccccc3)cc2)no1)NCc1ccc(Cl)cc1. The van der Waals surface area contributed by atoms with E-state index < -0.39 is 0 Å². The van der Waals surface area contributed by atoms with Gasteiger partial charge in [-0.15, -0.1) is 0 Å². The Labute approximate surface area is 179 Å². The summed E-state index contributed by atoms with van der Waals surface area (Å²) in [6, 6.07) is 25.5. The van der Waals surface area contributed by atoms with Crippen LogP contribution in [0, 0.1) is 0 Å². The number of hydrogen-bond donors (Lipinski definition) is 1. The maximum Gasteiger partial charge on any atom is 0.227 e. The van der Waals surface area contributed by atoms with Crippen molar-refractivity contribution in [2.45, 2.75) is 19.4 Å². The molecule has 1 amide bonds. The minimum atomic E-state index is -0.0723. The van der Waals surface area contributed by atoms with Gasteiger partial charge in [0.05, 0.1) is 0 Å². The topological polar surface area (TPSA) is 68.0 Å². The van der Waals surface area contributed by atoms with Crippen molar-refractivity contribution in [3.05, 3.63) is 95.3 Å². The van der Waals surface area contributed by atoms with Gasteiger partial charge in [0.1, 0.15) is 0 Å². The number of amides is 1. The Hall–Kier alpha value is -3.44. The first-order valence-corrected chi connectivity index (χ1v) is 10.0. The summed E-state index contributed by atoms with van der Waals surface area (Å²) in [6.07, 6.45) is 0.670. The molecular formula is C24H20ClN3O2. The fraction of sp³-hybridized carbons (Fsp3) is 0.125. The lowest BCUT2D eigenvalue weighted by molar-refractivity contribution is -0.121. The van der Waals surface area contributed by atoms with Gasteiger partial charge < -0.3 is 9.84 Å². The van der Waals surface area contributed by atoms with E-state index in [2.05, 4.69) is 27.6 Å². The molecule has 0 bridgehead atoms. The summed E-state index contributed by atoms with van der Waals surface area (Å²) in [6.45, 7) is 0.457. The third-order valence-electron chi connectivity index (χ3n) is 4.69. The molecular weight excluding hydrogens is 398 g/mol. The zero-order valence-electron chi connectivity index (χ0n) is 16.2. The lowest BCUT2D eigenvalue weighted by Gasteiger charge is -2.04. The Morgan fingerprint density at radius 1 is 0.867 bits per heavy atom. The first-order valence-electron chi connectivity index (χ1n) is 9.67. The second-order valence-corrected chi connectivity index (χ2v) is 7.29. The largest absolute Gasteiger partial charge is 0.352 e. The van der Waals surface area contributed by atoms with Crippen molar-refractivity contribution in [1.82, 2.24) is 15.5 Å². The molecule has 0 aliphatic rings. The predicted molar refractivity (Wildman–Crippen MR) is 117 cm³/mol. The summed E-state index contributed by atoms with van der Waals surface area (Å²) in [7, 11) is 0. The van der Waals surface area contributed by atoms with E-state index >= 15 is 0 Å². The maximum atomic E-state index is 12.1. The second-order valence-electron chi connectivity index (χ2n) is 6.86. The zero-order chi connectivity index (χ0) is 20.8. The van der Waals surface area contributed by atoms with Gasteiger partial charge in [-0.05, 0) is 28.8 Å². The van der Waals surface area contributed by atoms with Crippen LogP contribution in [0.1, 0.15) is 17.9 Å². The molecule has 5 nitrogen and oxygen atoms in total. The van der Waals surface area contributed by atoms with Crippen LogP contribution in [0.4, 0.5) is 0 Å². The molecule has 1 heterocycles. The van der Waals surface area contributed by atoms with E-state index in [-0.39, 0.29) is 12.3 Å². The third kappa shape index (κ3) is 5.13. The highest BCUT2D eigenvalue weighted by Crippen LogP contribution is 2.23. The normalized spacial score (nSPS) is 10.7. The number of hydrogen-bond acceptors (Lipinski definition) is 4. The van der Waals surface area contributed by atoms with E-state index in [1.807, 2.05) is 54.6 Å². The summed E-state index contributed by atoms with van der Waals surface area (Å²) >= 11 is 5.86. The lowest BCUT2D eigenvalue weighted by atomic mass is 10.0. The molecule has 0 fully saturated rings. The molecule has 4 rings (SSSR count). The number of halogens is 1.